The second kappa shape index (κ2) is 12.9. The monoisotopic (exact) mass is 684 g/mol. The second-order valence-corrected chi connectivity index (χ2v) is 15.9. The average molecular weight is 685 g/mol. The van der Waals surface area contributed by atoms with Gasteiger partial charge < -0.3 is 20.1 Å². The van der Waals surface area contributed by atoms with Crippen LogP contribution in [0.2, 0.25) is 0 Å². The summed E-state index contributed by atoms with van der Waals surface area (Å²) in [7, 11) is -7.70. The van der Waals surface area contributed by atoms with Gasteiger partial charge in [0.15, 0.2) is 9.84 Å². The summed E-state index contributed by atoms with van der Waals surface area (Å²) in [6.07, 6.45) is -6.71. The third kappa shape index (κ3) is 7.90. The van der Waals surface area contributed by atoms with Crippen molar-refractivity contribution in [3.05, 3.63) is 77.9 Å². The Kier molecular flexibility index (Phi) is 9.59. The number of hydrogen-bond acceptors (Lipinski definition) is 9. The lowest BCUT2D eigenvalue weighted by atomic mass is 9.85. The quantitative estimate of drug-likeness (QED) is 0.325. The van der Waals surface area contributed by atoms with Crippen molar-refractivity contribution in [2.45, 2.75) is 53.7 Å². The molecule has 4 atom stereocenters. The molecule has 46 heavy (non-hydrogen) atoms. The average Bonchev–Trinajstić information content (AvgIpc) is 3.26. The molecular weight excluding hydrogens is 649 g/mol. The van der Waals surface area contributed by atoms with Crippen LogP contribution in [-0.2, 0) is 32.6 Å². The number of nitrogens with one attached hydrogen (secondary N) is 1. The number of ether oxygens (including phenoxy) is 1. The molecule has 0 aromatic heterocycles. The molecule has 0 saturated heterocycles. The first-order chi connectivity index (χ1) is 21.4. The number of β-amino-alcohol motifs (C(OH)–C–C–N with tert-alkyl or cyclic N) is 1. The summed E-state index contributed by atoms with van der Waals surface area (Å²) >= 11 is 0. The molecule has 0 amide bonds. The van der Waals surface area contributed by atoms with Crippen LogP contribution in [0, 0.1) is 5.41 Å². The fourth-order valence-corrected chi connectivity index (χ4v) is 7.90. The zero-order valence-corrected chi connectivity index (χ0v) is 26.4. The maximum Gasteiger partial charge on any atom is 0.416 e. The van der Waals surface area contributed by atoms with E-state index in [1.807, 2.05) is 4.90 Å². The fraction of sp³-hybridized carbons (Fsp3) is 0.419. The molecule has 3 aromatic carbocycles. The lowest BCUT2D eigenvalue weighted by molar-refractivity contribution is -0.137. The third-order valence-electron chi connectivity index (χ3n) is 8.31. The van der Waals surface area contributed by atoms with Crippen LogP contribution in [-0.4, -0.2) is 87.9 Å². The summed E-state index contributed by atoms with van der Waals surface area (Å²) in [5.41, 5.74) is -0.639. The predicted octanol–water partition coefficient (Wildman–Crippen LogP) is 2.81. The molecular formula is C31H35F3N2O8S2. The van der Waals surface area contributed by atoms with Crippen molar-refractivity contribution in [1.82, 2.24) is 9.62 Å². The minimum Gasteiger partial charge on any atom is -0.492 e. The van der Waals surface area contributed by atoms with Gasteiger partial charge >= 0.3 is 6.18 Å². The lowest BCUT2D eigenvalue weighted by Gasteiger charge is -2.37. The Bertz CT molecular complexity index is 1770. The predicted molar refractivity (Wildman–Crippen MR) is 162 cm³/mol. The number of aliphatic hydroxyl groups excluding tert-OH is 3. The normalized spacial score (nSPS) is 26.1. The number of hydrogen-bond donors (Lipinski definition) is 4. The standard InChI is InChI=1S/C31H35F3N2O8S2/c1-45(40,41)25-8-5-20(6-9-25)16-36-17-24(37)15-35-46(42,43)29-10-7-22(21-3-2-4-23(11-21)31(32,33)34)12-28(29)44-19-30(18-36)13-26(38)27(39)14-30/h2-12,24,26-27,35,37-39H,13-19H2,1H3/t24-,26-,27+,30?/m0/s1. The Morgan fingerprint density at radius 3 is 2.26 bits per heavy atom. The van der Waals surface area contributed by atoms with Gasteiger partial charge in [-0.25, -0.2) is 21.6 Å². The molecule has 15 heteroatoms. The first-order valence-electron chi connectivity index (χ1n) is 14.4. The van der Waals surface area contributed by atoms with E-state index in [-0.39, 0.29) is 72.3 Å². The van der Waals surface area contributed by atoms with Gasteiger partial charge in [-0.1, -0.05) is 30.3 Å². The fourth-order valence-electron chi connectivity index (χ4n) is 6.07. The molecule has 5 rings (SSSR count). The van der Waals surface area contributed by atoms with Gasteiger partial charge in [-0.3, -0.25) is 4.90 Å². The highest BCUT2D eigenvalue weighted by Gasteiger charge is 2.46. The molecule has 0 bridgehead atoms. The van der Waals surface area contributed by atoms with Gasteiger partial charge in [0.25, 0.3) is 0 Å². The van der Waals surface area contributed by atoms with Gasteiger partial charge in [-0.15, -0.1) is 0 Å². The number of benzene rings is 3. The Labute approximate surface area is 265 Å². The van der Waals surface area contributed by atoms with Crippen molar-refractivity contribution >= 4 is 19.9 Å². The molecule has 10 nitrogen and oxygen atoms in total. The van der Waals surface area contributed by atoms with Crippen LogP contribution in [0.25, 0.3) is 11.1 Å². The van der Waals surface area contributed by atoms with Gasteiger partial charge in [0.05, 0.1) is 35.4 Å². The number of fused-ring (bicyclic) bond motifs is 1. The van der Waals surface area contributed by atoms with E-state index in [9.17, 15) is 45.3 Å². The molecule has 1 spiro atoms. The van der Waals surface area contributed by atoms with E-state index in [2.05, 4.69) is 4.72 Å². The molecule has 4 N–H and O–H groups in total. The van der Waals surface area contributed by atoms with Gasteiger partial charge in [0.2, 0.25) is 10.0 Å². The van der Waals surface area contributed by atoms with Crippen molar-refractivity contribution in [3.63, 3.8) is 0 Å². The van der Waals surface area contributed by atoms with E-state index in [4.69, 9.17) is 4.74 Å². The molecule has 250 valence electrons. The largest absolute Gasteiger partial charge is 0.492 e. The van der Waals surface area contributed by atoms with E-state index in [1.165, 1.54) is 42.5 Å². The molecule has 1 fully saturated rings. The molecule has 1 unspecified atom stereocenters. The van der Waals surface area contributed by atoms with Gasteiger partial charge in [0.1, 0.15) is 10.6 Å². The smallest absolute Gasteiger partial charge is 0.416 e. The molecule has 1 saturated carbocycles. The van der Waals surface area contributed by atoms with Crippen molar-refractivity contribution in [3.8, 4) is 16.9 Å². The first kappa shape index (κ1) is 34.3. The number of aliphatic hydroxyl groups is 3. The highest BCUT2D eigenvalue weighted by Crippen LogP contribution is 2.42. The first-order valence-corrected chi connectivity index (χ1v) is 17.8. The zero-order chi connectivity index (χ0) is 33.5. The summed E-state index contributed by atoms with van der Waals surface area (Å²) < 4.78 is 99.4. The number of halogens is 3. The SMILES string of the molecule is CS(=O)(=O)c1ccc(CN2C[C@@H](O)CNS(=O)(=O)c3ccc(-c4cccc(C(F)(F)F)c4)cc3OCC3(C[C@@H](O)[C@@H](O)C3)C2)cc1. The maximum atomic E-state index is 13.4. The van der Waals surface area contributed by atoms with Crippen molar-refractivity contribution < 1.29 is 50.1 Å². The van der Waals surface area contributed by atoms with E-state index in [0.29, 0.717) is 5.56 Å². The van der Waals surface area contributed by atoms with Crippen LogP contribution in [0.4, 0.5) is 13.2 Å². The number of nitrogens with zero attached hydrogens (tertiary/aromatic N) is 1. The summed E-state index contributed by atoms with van der Waals surface area (Å²) in [6.45, 7) is -0.140. The van der Waals surface area contributed by atoms with Crippen LogP contribution >= 0.6 is 0 Å². The highest BCUT2D eigenvalue weighted by molar-refractivity contribution is 7.90. The topological polar surface area (TPSA) is 153 Å². The molecule has 0 radical (unpaired) electrons. The molecule has 1 heterocycles. The van der Waals surface area contributed by atoms with Gasteiger partial charge in [-0.05, 0) is 65.9 Å². The van der Waals surface area contributed by atoms with Crippen LogP contribution < -0.4 is 9.46 Å². The lowest BCUT2D eigenvalue weighted by Crippen LogP contribution is -2.46. The van der Waals surface area contributed by atoms with E-state index in [0.717, 1.165) is 18.4 Å². The van der Waals surface area contributed by atoms with E-state index >= 15 is 0 Å². The Hall–Kier alpha value is -3.05. The number of sulfonamides is 1. The third-order valence-corrected chi connectivity index (χ3v) is 10.9. The number of rotatable bonds is 4. The van der Waals surface area contributed by atoms with Crippen molar-refractivity contribution in [1.29, 1.82) is 0 Å². The molecule has 2 aliphatic rings. The summed E-state index contributed by atoms with van der Waals surface area (Å²) in [5.74, 6) is -0.143. The summed E-state index contributed by atoms with van der Waals surface area (Å²) in [6, 6.07) is 14.7. The van der Waals surface area contributed by atoms with Crippen LogP contribution in [0.15, 0.2) is 76.5 Å². The maximum absolute atomic E-state index is 13.4. The molecule has 1 aliphatic heterocycles. The van der Waals surface area contributed by atoms with Crippen LogP contribution in [0.1, 0.15) is 24.0 Å². The Balaban J connectivity index is 1.52. The van der Waals surface area contributed by atoms with Crippen molar-refractivity contribution in [2.24, 2.45) is 5.41 Å². The van der Waals surface area contributed by atoms with Crippen LogP contribution in [0.5, 0.6) is 5.75 Å². The van der Waals surface area contributed by atoms with E-state index < -0.39 is 55.3 Å². The van der Waals surface area contributed by atoms with E-state index in [1.54, 1.807) is 12.1 Å². The number of alkyl halides is 3. The van der Waals surface area contributed by atoms with Gasteiger partial charge in [-0.2, -0.15) is 13.2 Å². The number of sulfone groups is 1. The minimum atomic E-state index is -4.59. The second-order valence-electron chi connectivity index (χ2n) is 12.2. The highest BCUT2D eigenvalue weighted by atomic mass is 32.2. The Morgan fingerprint density at radius 1 is 0.978 bits per heavy atom. The Morgan fingerprint density at radius 2 is 1.63 bits per heavy atom. The summed E-state index contributed by atoms with van der Waals surface area (Å²) in [5, 5.41) is 32.1. The molecule has 3 aromatic rings. The summed E-state index contributed by atoms with van der Waals surface area (Å²) in [4.78, 5) is 1.67. The van der Waals surface area contributed by atoms with Crippen LogP contribution in [0.3, 0.4) is 0 Å². The zero-order valence-electron chi connectivity index (χ0n) is 24.8. The molecule has 1 aliphatic carbocycles. The minimum absolute atomic E-state index is 0.00830. The van der Waals surface area contributed by atoms with Gasteiger partial charge in [0, 0.05) is 37.8 Å². The van der Waals surface area contributed by atoms with Crippen molar-refractivity contribution in [2.75, 3.05) is 32.5 Å².